The molecule has 4 rings (SSSR count). The third-order valence-corrected chi connectivity index (χ3v) is 6.70. The molecule has 0 bridgehead atoms. The van der Waals surface area contributed by atoms with Crippen LogP contribution in [0.4, 0.5) is 0 Å². The Balaban J connectivity index is 1.67. The number of hydrogen-bond acceptors (Lipinski definition) is 3. The molecule has 0 unspecified atom stereocenters. The van der Waals surface area contributed by atoms with E-state index in [1.54, 1.807) is 7.11 Å². The van der Waals surface area contributed by atoms with Gasteiger partial charge in [-0.2, -0.15) is 0 Å². The summed E-state index contributed by atoms with van der Waals surface area (Å²) in [5.41, 5.74) is 1.89. The van der Waals surface area contributed by atoms with E-state index in [2.05, 4.69) is 35.6 Å². The maximum absolute atomic E-state index is 13.5. The molecule has 0 N–H and O–H groups in total. The predicted molar refractivity (Wildman–Crippen MR) is 113 cm³/mol. The number of hydrogen-bond donors (Lipinski definition) is 0. The summed E-state index contributed by atoms with van der Waals surface area (Å²) in [4.78, 5) is 17.9. The number of piperazine rings is 1. The van der Waals surface area contributed by atoms with Gasteiger partial charge in [-0.05, 0) is 38.3 Å². The number of likely N-dealkylation sites (N-methyl/N-ethyl adjacent to an activating group) is 1. The number of fused-ring (bicyclic) bond motifs is 1. The number of carbonyl (C=O) groups excluding carboxylic acids is 1. The van der Waals surface area contributed by atoms with E-state index >= 15 is 0 Å². The summed E-state index contributed by atoms with van der Waals surface area (Å²) in [6, 6.07) is 6.48. The van der Waals surface area contributed by atoms with E-state index < -0.39 is 0 Å². The number of aromatic nitrogens is 1. The van der Waals surface area contributed by atoms with Crippen molar-refractivity contribution < 1.29 is 9.53 Å². The highest BCUT2D eigenvalue weighted by atomic mass is 16.5. The highest BCUT2D eigenvalue weighted by Gasteiger charge is 2.29. The van der Waals surface area contributed by atoms with E-state index in [0.717, 1.165) is 54.9 Å². The van der Waals surface area contributed by atoms with Gasteiger partial charge in [-0.3, -0.25) is 9.69 Å². The zero-order chi connectivity index (χ0) is 19.7. The van der Waals surface area contributed by atoms with Gasteiger partial charge in [-0.25, -0.2) is 0 Å². The third kappa shape index (κ3) is 3.52. The molecule has 1 aromatic carbocycles. The van der Waals surface area contributed by atoms with Crippen molar-refractivity contribution in [3.05, 3.63) is 30.0 Å². The third-order valence-electron chi connectivity index (χ3n) is 6.70. The summed E-state index contributed by atoms with van der Waals surface area (Å²) in [6.45, 7) is 8.98. The Morgan fingerprint density at radius 1 is 1.21 bits per heavy atom. The minimum Gasteiger partial charge on any atom is -0.495 e. The smallest absolute Gasteiger partial charge is 0.256 e. The summed E-state index contributed by atoms with van der Waals surface area (Å²) >= 11 is 0. The van der Waals surface area contributed by atoms with E-state index in [1.807, 2.05) is 17.0 Å². The van der Waals surface area contributed by atoms with Crippen molar-refractivity contribution >= 4 is 16.8 Å². The second kappa shape index (κ2) is 8.16. The molecule has 2 aliphatic rings. The van der Waals surface area contributed by atoms with Gasteiger partial charge in [0.25, 0.3) is 5.91 Å². The molecule has 1 aliphatic heterocycles. The number of ether oxygens (including phenoxy) is 1. The van der Waals surface area contributed by atoms with Crippen molar-refractivity contribution in [2.24, 2.45) is 5.92 Å². The van der Waals surface area contributed by atoms with Gasteiger partial charge in [0.1, 0.15) is 5.75 Å². The molecule has 1 aliphatic carbocycles. The second-order valence-corrected chi connectivity index (χ2v) is 8.43. The van der Waals surface area contributed by atoms with Crippen molar-refractivity contribution in [3.63, 3.8) is 0 Å². The SMILES string of the molecule is CCN1CCN(C(=O)c2cn(CC3CCCC3)c3c(OC)cccc23)C[C@@H]1C. The molecule has 5 heteroatoms. The van der Waals surface area contributed by atoms with Crippen LogP contribution in [-0.4, -0.2) is 59.6 Å². The zero-order valence-corrected chi connectivity index (χ0v) is 17.5. The quantitative estimate of drug-likeness (QED) is 0.783. The molecule has 2 aromatic rings. The van der Waals surface area contributed by atoms with Crippen molar-refractivity contribution in [1.29, 1.82) is 0 Å². The molecule has 0 radical (unpaired) electrons. The lowest BCUT2D eigenvalue weighted by molar-refractivity contribution is 0.0530. The summed E-state index contributed by atoms with van der Waals surface area (Å²) in [5, 5.41) is 1.02. The molecule has 1 saturated carbocycles. The van der Waals surface area contributed by atoms with Crippen LogP contribution in [0.1, 0.15) is 49.9 Å². The van der Waals surface area contributed by atoms with Crippen LogP contribution in [0.2, 0.25) is 0 Å². The summed E-state index contributed by atoms with van der Waals surface area (Å²) in [6.07, 6.45) is 7.31. The number of amides is 1. The predicted octanol–water partition coefficient (Wildman–Crippen LogP) is 4.01. The fraction of sp³-hybridized carbons (Fsp3) is 0.609. The van der Waals surface area contributed by atoms with Gasteiger partial charge in [0.05, 0.1) is 18.2 Å². The van der Waals surface area contributed by atoms with Crippen LogP contribution in [0.25, 0.3) is 10.9 Å². The molecular weight excluding hydrogens is 350 g/mol. The van der Waals surface area contributed by atoms with Crippen LogP contribution in [0.3, 0.4) is 0 Å². The molecule has 5 nitrogen and oxygen atoms in total. The standard InChI is InChI=1S/C23H33N3O2/c1-4-24-12-13-25(14-17(24)2)23(27)20-16-26(15-18-8-5-6-9-18)22-19(20)10-7-11-21(22)28-3/h7,10-11,16-18H,4-6,8-9,12-15H2,1-3H3/t17-/m0/s1. The van der Waals surface area contributed by atoms with E-state index in [0.29, 0.717) is 12.0 Å². The van der Waals surface area contributed by atoms with Crippen molar-refractivity contribution in [2.45, 2.75) is 52.1 Å². The lowest BCUT2D eigenvalue weighted by atomic mass is 10.1. The topological polar surface area (TPSA) is 37.7 Å². The first kappa shape index (κ1) is 19.3. The minimum atomic E-state index is 0.158. The van der Waals surface area contributed by atoms with Crippen molar-refractivity contribution in [3.8, 4) is 5.75 Å². The Morgan fingerprint density at radius 3 is 2.68 bits per heavy atom. The number of nitrogens with zero attached hydrogens (tertiary/aromatic N) is 3. The first-order chi connectivity index (χ1) is 13.6. The Bertz CT molecular complexity index is 838. The Kier molecular flexibility index (Phi) is 5.63. The number of benzene rings is 1. The van der Waals surface area contributed by atoms with Crippen LogP contribution in [0, 0.1) is 5.92 Å². The molecule has 28 heavy (non-hydrogen) atoms. The van der Waals surface area contributed by atoms with Crippen LogP contribution in [0.15, 0.2) is 24.4 Å². The maximum atomic E-state index is 13.5. The van der Waals surface area contributed by atoms with E-state index in [-0.39, 0.29) is 5.91 Å². The molecule has 2 fully saturated rings. The number of methoxy groups -OCH3 is 1. The van der Waals surface area contributed by atoms with Crippen LogP contribution in [0.5, 0.6) is 5.75 Å². The maximum Gasteiger partial charge on any atom is 0.256 e. The average Bonchev–Trinajstić information content (AvgIpc) is 3.35. The van der Waals surface area contributed by atoms with Gasteiger partial charge in [0.2, 0.25) is 0 Å². The molecule has 0 spiro atoms. The minimum absolute atomic E-state index is 0.158. The average molecular weight is 384 g/mol. The zero-order valence-electron chi connectivity index (χ0n) is 17.5. The first-order valence-electron chi connectivity index (χ1n) is 10.8. The Morgan fingerprint density at radius 2 is 2.00 bits per heavy atom. The van der Waals surface area contributed by atoms with E-state index in [4.69, 9.17) is 4.74 Å². The summed E-state index contributed by atoms with van der Waals surface area (Å²) < 4.78 is 7.95. The monoisotopic (exact) mass is 383 g/mol. The fourth-order valence-electron chi connectivity index (χ4n) is 5.10. The normalized spacial score (nSPS) is 21.5. The molecule has 152 valence electrons. The van der Waals surface area contributed by atoms with Crippen LogP contribution in [-0.2, 0) is 6.54 Å². The van der Waals surface area contributed by atoms with Gasteiger partial charge < -0.3 is 14.2 Å². The molecule has 1 amide bonds. The molecule has 1 saturated heterocycles. The van der Waals surface area contributed by atoms with Crippen LogP contribution >= 0.6 is 0 Å². The lowest BCUT2D eigenvalue weighted by Crippen LogP contribution is -2.53. The first-order valence-corrected chi connectivity index (χ1v) is 10.8. The molecule has 2 heterocycles. The second-order valence-electron chi connectivity index (χ2n) is 8.43. The Labute approximate surface area is 168 Å². The molecule has 1 aromatic heterocycles. The summed E-state index contributed by atoms with van der Waals surface area (Å²) in [7, 11) is 1.72. The van der Waals surface area contributed by atoms with Gasteiger partial charge in [0.15, 0.2) is 0 Å². The lowest BCUT2D eigenvalue weighted by Gasteiger charge is -2.39. The van der Waals surface area contributed by atoms with Crippen molar-refractivity contribution in [1.82, 2.24) is 14.4 Å². The van der Waals surface area contributed by atoms with Crippen molar-refractivity contribution in [2.75, 3.05) is 33.3 Å². The Hall–Kier alpha value is -2.01. The number of rotatable bonds is 5. The van der Waals surface area contributed by atoms with Gasteiger partial charge >= 0.3 is 0 Å². The fourth-order valence-corrected chi connectivity index (χ4v) is 5.10. The van der Waals surface area contributed by atoms with Crippen LogP contribution < -0.4 is 4.74 Å². The van der Waals surface area contributed by atoms with E-state index in [1.165, 1.54) is 25.7 Å². The van der Waals surface area contributed by atoms with Gasteiger partial charge in [0, 0.05) is 43.8 Å². The number of para-hydroxylation sites is 1. The van der Waals surface area contributed by atoms with Gasteiger partial charge in [-0.1, -0.05) is 31.9 Å². The summed E-state index contributed by atoms with van der Waals surface area (Å²) in [5.74, 6) is 1.72. The number of carbonyl (C=O) groups is 1. The largest absolute Gasteiger partial charge is 0.495 e. The highest BCUT2D eigenvalue weighted by Crippen LogP contribution is 2.34. The molecule has 1 atom stereocenters. The van der Waals surface area contributed by atoms with Gasteiger partial charge in [-0.15, -0.1) is 0 Å². The van der Waals surface area contributed by atoms with E-state index in [9.17, 15) is 4.79 Å². The molecular formula is C23H33N3O2. The highest BCUT2D eigenvalue weighted by molar-refractivity contribution is 6.08.